The van der Waals surface area contributed by atoms with Crippen LogP contribution in [0.25, 0.3) is 0 Å². The molecular weight excluding hydrogens is 229 g/mol. The molecule has 18 heavy (non-hydrogen) atoms. The molecule has 0 unspecified atom stereocenters. The monoisotopic (exact) mass is 251 g/mol. The van der Waals surface area contributed by atoms with E-state index in [1.807, 2.05) is 0 Å². The lowest BCUT2D eigenvalue weighted by atomic mass is 9.94. The van der Waals surface area contributed by atoms with Gasteiger partial charge in [-0.3, -0.25) is 4.90 Å². The third kappa shape index (κ3) is 3.45. The van der Waals surface area contributed by atoms with Gasteiger partial charge < -0.3 is 5.11 Å². The summed E-state index contributed by atoms with van der Waals surface area (Å²) in [5, 5.41) is 9.43. The van der Waals surface area contributed by atoms with Crippen LogP contribution in [0.5, 0.6) is 5.75 Å². The number of halogens is 1. The maximum Gasteiger partial charge on any atom is 0.127 e. The molecule has 0 amide bonds. The lowest BCUT2D eigenvalue weighted by Gasteiger charge is -2.33. The molecule has 1 aliphatic rings. The number of hydrogen-bond donors (Lipinski definition) is 1. The number of nitrogens with zero attached hydrogens (tertiary/aromatic N) is 1. The van der Waals surface area contributed by atoms with E-state index in [2.05, 4.69) is 11.8 Å². The molecule has 2 rings (SSSR count). The van der Waals surface area contributed by atoms with Gasteiger partial charge in [0.1, 0.15) is 11.6 Å². The lowest BCUT2D eigenvalue weighted by Crippen LogP contribution is -2.36. The summed E-state index contributed by atoms with van der Waals surface area (Å²) in [4.78, 5) is 2.40. The molecule has 0 aliphatic heterocycles. The summed E-state index contributed by atoms with van der Waals surface area (Å²) < 4.78 is 13.2. The molecule has 100 valence electrons. The highest BCUT2D eigenvalue weighted by atomic mass is 19.1. The summed E-state index contributed by atoms with van der Waals surface area (Å²) in [5.74, 6) is -0.339. The van der Waals surface area contributed by atoms with Crippen molar-refractivity contribution >= 4 is 0 Å². The first-order valence-corrected chi connectivity index (χ1v) is 6.91. The Labute approximate surface area is 108 Å². The Morgan fingerprint density at radius 2 is 1.94 bits per heavy atom. The van der Waals surface area contributed by atoms with E-state index in [1.54, 1.807) is 6.07 Å². The first kappa shape index (κ1) is 13.3. The van der Waals surface area contributed by atoms with Crippen LogP contribution in [0.15, 0.2) is 18.2 Å². The predicted molar refractivity (Wildman–Crippen MR) is 71.0 cm³/mol. The average Bonchev–Trinajstić information content (AvgIpc) is 2.36. The van der Waals surface area contributed by atoms with Crippen LogP contribution in [0.3, 0.4) is 0 Å². The van der Waals surface area contributed by atoms with E-state index in [0.29, 0.717) is 6.04 Å². The number of benzene rings is 1. The lowest BCUT2D eigenvalue weighted by molar-refractivity contribution is 0.155. The number of phenols is 1. The molecule has 0 bridgehead atoms. The molecule has 1 aromatic rings. The fraction of sp³-hybridized carbons (Fsp3) is 0.600. The Kier molecular flexibility index (Phi) is 4.59. The van der Waals surface area contributed by atoms with Gasteiger partial charge >= 0.3 is 0 Å². The number of aromatic hydroxyl groups is 1. The van der Waals surface area contributed by atoms with E-state index in [9.17, 15) is 9.50 Å². The Morgan fingerprint density at radius 3 is 2.56 bits per heavy atom. The molecule has 1 N–H and O–H groups in total. The maximum absolute atomic E-state index is 13.2. The zero-order valence-corrected chi connectivity index (χ0v) is 11.0. The highest BCUT2D eigenvalue weighted by Gasteiger charge is 2.20. The SMILES string of the molecule is CCN(Cc1cc(O)cc(F)c1)C1CCCCC1. The van der Waals surface area contributed by atoms with Crippen molar-refractivity contribution < 1.29 is 9.50 Å². The van der Waals surface area contributed by atoms with Crippen LogP contribution in [0.1, 0.15) is 44.6 Å². The zero-order valence-electron chi connectivity index (χ0n) is 11.0. The van der Waals surface area contributed by atoms with Crippen molar-refractivity contribution in [1.82, 2.24) is 4.90 Å². The highest BCUT2D eigenvalue weighted by molar-refractivity contribution is 5.28. The fourth-order valence-corrected chi connectivity index (χ4v) is 2.90. The minimum absolute atomic E-state index is 0.0182. The van der Waals surface area contributed by atoms with Gasteiger partial charge in [-0.15, -0.1) is 0 Å². The van der Waals surface area contributed by atoms with Crippen LogP contribution < -0.4 is 0 Å². The van der Waals surface area contributed by atoms with Gasteiger partial charge in [-0.2, -0.15) is 0 Å². The topological polar surface area (TPSA) is 23.5 Å². The summed E-state index contributed by atoms with van der Waals surface area (Å²) in [6.45, 7) is 3.85. The van der Waals surface area contributed by atoms with Crippen LogP contribution in [0.4, 0.5) is 4.39 Å². The summed E-state index contributed by atoms with van der Waals surface area (Å²) in [7, 11) is 0. The summed E-state index contributed by atoms with van der Waals surface area (Å²) in [6.07, 6.45) is 6.43. The Bertz CT molecular complexity index is 368. The summed E-state index contributed by atoms with van der Waals surface area (Å²) in [6, 6.07) is 4.95. The zero-order chi connectivity index (χ0) is 13.0. The van der Waals surface area contributed by atoms with Crippen molar-refractivity contribution in [3.63, 3.8) is 0 Å². The molecule has 0 heterocycles. The molecule has 1 aliphatic carbocycles. The largest absolute Gasteiger partial charge is 0.508 e. The van der Waals surface area contributed by atoms with E-state index in [-0.39, 0.29) is 11.6 Å². The molecule has 2 nitrogen and oxygen atoms in total. The number of phenolic OH excluding ortho intramolecular Hbond substituents is 1. The Balaban J connectivity index is 2.04. The molecule has 1 saturated carbocycles. The molecule has 0 saturated heterocycles. The number of hydrogen-bond acceptors (Lipinski definition) is 2. The summed E-state index contributed by atoms with van der Waals surface area (Å²) in [5.41, 5.74) is 0.861. The van der Waals surface area contributed by atoms with Gasteiger partial charge in [0.05, 0.1) is 0 Å². The summed E-state index contributed by atoms with van der Waals surface area (Å²) >= 11 is 0. The van der Waals surface area contributed by atoms with Gasteiger partial charge in [-0.25, -0.2) is 4.39 Å². The average molecular weight is 251 g/mol. The second kappa shape index (κ2) is 6.19. The van der Waals surface area contributed by atoms with E-state index in [1.165, 1.54) is 38.2 Å². The van der Waals surface area contributed by atoms with Crippen molar-refractivity contribution in [2.24, 2.45) is 0 Å². The minimum Gasteiger partial charge on any atom is -0.508 e. The molecule has 0 aromatic heterocycles. The van der Waals surface area contributed by atoms with Crippen molar-refractivity contribution in [3.05, 3.63) is 29.6 Å². The third-order valence-electron chi connectivity index (χ3n) is 3.83. The number of rotatable bonds is 4. The van der Waals surface area contributed by atoms with Crippen LogP contribution in [0.2, 0.25) is 0 Å². The second-order valence-electron chi connectivity index (χ2n) is 5.17. The first-order valence-electron chi connectivity index (χ1n) is 6.91. The molecule has 1 fully saturated rings. The molecular formula is C15H22FNO. The van der Waals surface area contributed by atoms with E-state index >= 15 is 0 Å². The standard InChI is InChI=1S/C15H22FNO/c1-2-17(14-6-4-3-5-7-14)11-12-8-13(16)10-15(18)9-12/h8-10,14,18H,2-7,11H2,1H3. The predicted octanol–water partition coefficient (Wildman–Crippen LogP) is 3.69. The first-order chi connectivity index (χ1) is 8.69. The molecule has 1 aromatic carbocycles. The van der Waals surface area contributed by atoms with Crippen LogP contribution in [-0.4, -0.2) is 22.6 Å². The van der Waals surface area contributed by atoms with Gasteiger partial charge in [0.25, 0.3) is 0 Å². The van der Waals surface area contributed by atoms with Crippen molar-refractivity contribution in [2.75, 3.05) is 6.54 Å². The van der Waals surface area contributed by atoms with Gasteiger partial charge in [-0.1, -0.05) is 26.2 Å². The Morgan fingerprint density at radius 1 is 1.22 bits per heavy atom. The van der Waals surface area contributed by atoms with Crippen LogP contribution in [0, 0.1) is 5.82 Å². The second-order valence-corrected chi connectivity index (χ2v) is 5.17. The molecule has 0 radical (unpaired) electrons. The van der Waals surface area contributed by atoms with E-state index in [4.69, 9.17) is 0 Å². The van der Waals surface area contributed by atoms with Gasteiger partial charge in [0, 0.05) is 18.7 Å². The van der Waals surface area contributed by atoms with Gasteiger partial charge in [0.15, 0.2) is 0 Å². The van der Waals surface area contributed by atoms with Crippen LogP contribution in [-0.2, 0) is 6.54 Å². The maximum atomic E-state index is 13.2. The van der Waals surface area contributed by atoms with Crippen molar-refractivity contribution in [1.29, 1.82) is 0 Å². The third-order valence-corrected chi connectivity index (χ3v) is 3.83. The molecule has 3 heteroatoms. The Hall–Kier alpha value is -1.09. The van der Waals surface area contributed by atoms with Crippen molar-refractivity contribution in [2.45, 2.75) is 51.6 Å². The normalized spacial score (nSPS) is 17.3. The van der Waals surface area contributed by atoms with Gasteiger partial charge in [0.2, 0.25) is 0 Å². The minimum atomic E-state index is -0.357. The van der Waals surface area contributed by atoms with Crippen molar-refractivity contribution in [3.8, 4) is 5.75 Å². The van der Waals surface area contributed by atoms with Crippen LogP contribution >= 0.6 is 0 Å². The quantitative estimate of drug-likeness (QED) is 0.882. The van der Waals surface area contributed by atoms with Gasteiger partial charge in [-0.05, 0) is 37.1 Å². The molecule has 0 spiro atoms. The van der Waals surface area contributed by atoms with E-state index in [0.717, 1.165) is 24.7 Å². The smallest absolute Gasteiger partial charge is 0.127 e. The molecule has 0 atom stereocenters. The fourth-order valence-electron chi connectivity index (χ4n) is 2.90. The van der Waals surface area contributed by atoms with E-state index < -0.39 is 0 Å². The highest BCUT2D eigenvalue weighted by Crippen LogP contribution is 2.24.